The zero-order valence-electron chi connectivity index (χ0n) is 12.2. The maximum atomic E-state index is 10.2. The van der Waals surface area contributed by atoms with Crippen molar-refractivity contribution in [3.8, 4) is 0 Å². The van der Waals surface area contributed by atoms with Gasteiger partial charge < -0.3 is 15.3 Å². The van der Waals surface area contributed by atoms with E-state index in [1.54, 1.807) is 0 Å². The van der Waals surface area contributed by atoms with Crippen molar-refractivity contribution < 1.29 is 5.11 Å². The summed E-state index contributed by atoms with van der Waals surface area (Å²) in [5.41, 5.74) is 0.989. The molecule has 0 saturated carbocycles. The van der Waals surface area contributed by atoms with E-state index in [-0.39, 0.29) is 0 Å². The zero-order chi connectivity index (χ0) is 13.8. The number of hydrogen-bond donors (Lipinski definition) is 2. The molecule has 0 aliphatic carbocycles. The highest BCUT2D eigenvalue weighted by molar-refractivity contribution is 5.17. The number of aliphatic hydroxyl groups is 1. The normalized spacial score (nSPS) is 30.2. The first kappa shape index (κ1) is 14.5. The third-order valence-corrected chi connectivity index (χ3v) is 4.37. The van der Waals surface area contributed by atoms with Gasteiger partial charge in [0.1, 0.15) is 0 Å². The van der Waals surface area contributed by atoms with E-state index in [9.17, 15) is 5.11 Å². The maximum absolute atomic E-state index is 10.2. The zero-order valence-corrected chi connectivity index (χ0v) is 12.2. The van der Waals surface area contributed by atoms with Gasteiger partial charge in [-0.1, -0.05) is 37.3 Å². The number of piperidine rings is 1. The molecule has 0 radical (unpaired) electrons. The van der Waals surface area contributed by atoms with Gasteiger partial charge in [-0.05, 0) is 31.9 Å². The van der Waals surface area contributed by atoms with Crippen molar-refractivity contribution >= 4 is 0 Å². The minimum atomic E-state index is -0.414. The molecule has 0 spiro atoms. The lowest BCUT2D eigenvalue weighted by Crippen LogP contribution is -2.51. The lowest BCUT2D eigenvalue weighted by Gasteiger charge is -2.40. The first-order valence-corrected chi connectivity index (χ1v) is 7.24. The van der Waals surface area contributed by atoms with Crippen LogP contribution in [-0.2, 0) is 0 Å². The van der Waals surface area contributed by atoms with Gasteiger partial charge in [-0.15, -0.1) is 0 Å². The summed E-state index contributed by atoms with van der Waals surface area (Å²) < 4.78 is 0. The van der Waals surface area contributed by atoms with Crippen molar-refractivity contribution in [2.45, 2.75) is 38.5 Å². The Bertz CT molecular complexity index is 382. The van der Waals surface area contributed by atoms with E-state index >= 15 is 0 Å². The average Bonchev–Trinajstić information content (AvgIpc) is 2.42. The van der Waals surface area contributed by atoms with Crippen molar-refractivity contribution in [3.05, 3.63) is 35.9 Å². The van der Waals surface area contributed by atoms with E-state index in [2.05, 4.69) is 31.1 Å². The summed E-state index contributed by atoms with van der Waals surface area (Å²) >= 11 is 0. The van der Waals surface area contributed by atoms with Crippen molar-refractivity contribution in [1.29, 1.82) is 0 Å². The van der Waals surface area contributed by atoms with Crippen LogP contribution in [0.4, 0.5) is 0 Å². The predicted molar refractivity (Wildman–Crippen MR) is 79.1 cm³/mol. The van der Waals surface area contributed by atoms with E-state index in [0.29, 0.717) is 24.5 Å². The summed E-state index contributed by atoms with van der Waals surface area (Å²) in [6.07, 6.45) is 0.738. The van der Waals surface area contributed by atoms with E-state index in [0.717, 1.165) is 18.5 Å². The summed E-state index contributed by atoms with van der Waals surface area (Å²) in [7, 11) is 2.19. The van der Waals surface area contributed by atoms with Crippen LogP contribution in [0.25, 0.3) is 0 Å². The molecule has 3 heteroatoms. The van der Waals surface area contributed by atoms with Crippen LogP contribution in [0.3, 0.4) is 0 Å². The highest BCUT2D eigenvalue weighted by atomic mass is 16.3. The Balaban J connectivity index is 1.85. The average molecular weight is 262 g/mol. The van der Waals surface area contributed by atoms with Crippen LogP contribution in [0.2, 0.25) is 0 Å². The van der Waals surface area contributed by atoms with E-state index < -0.39 is 6.10 Å². The highest BCUT2D eigenvalue weighted by Crippen LogP contribution is 2.21. The van der Waals surface area contributed by atoms with Gasteiger partial charge in [-0.25, -0.2) is 0 Å². The van der Waals surface area contributed by atoms with Gasteiger partial charge in [-0.3, -0.25) is 0 Å². The molecule has 0 unspecified atom stereocenters. The quantitative estimate of drug-likeness (QED) is 0.871. The fourth-order valence-electron chi connectivity index (χ4n) is 2.88. The first-order chi connectivity index (χ1) is 9.08. The topological polar surface area (TPSA) is 35.5 Å². The number of nitrogens with zero attached hydrogens (tertiary/aromatic N) is 1. The van der Waals surface area contributed by atoms with Crippen molar-refractivity contribution in [2.75, 3.05) is 20.1 Å². The molecule has 1 aliphatic heterocycles. The van der Waals surface area contributed by atoms with Crippen molar-refractivity contribution in [1.82, 2.24) is 10.2 Å². The third kappa shape index (κ3) is 3.78. The van der Waals surface area contributed by atoms with Gasteiger partial charge in [0.2, 0.25) is 0 Å². The minimum absolute atomic E-state index is 0.414. The van der Waals surface area contributed by atoms with Crippen molar-refractivity contribution in [2.24, 2.45) is 5.92 Å². The first-order valence-electron chi connectivity index (χ1n) is 7.24. The lowest BCUT2D eigenvalue weighted by molar-refractivity contribution is 0.106. The fraction of sp³-hybridized carbons (Fsp3) is 0.625. The van der Waals surface area contributed by atoms with Crippen LogP contribution in [0, 0.1) is 5.92 Å². The van der Waals surface area contributed by atoms with Crippen LogP contribution < -0.4 is 5.32 Å². The Kier molecular flexibility index (Phi) is 4.97. The Morgan fingerprint density at radius 3 is 2.68 bits per heavy atom. The Labute approximate surface area is 116 Å². The number of likely N-dealkylation sites (tertiary alicyclic amines) is 1. The number of rotatable bonds is 4. The van der Waals surface area contributed by atoms with Gasteiger partial charge in [0.15, 0.2) is 0 Å². The number of nitrogens with one attached hydrogen (secondary N) is 1. The molecule has 19 heavy (non-hydrogen) atoms. The number of benzene rings is 1. The summed E-state index contributed by atoms with van der Waals surface area (Å²) in [5, 5.41) is 13.7. The molecule has 2 rings (SSSR count). The molecule has 4 atom stereocenters. The molecular formula is C16H26N2O. The molecular weight excluding hydrogens is 236 g/mol. The van der Waals surface area contributed by atoms with Gasteiger partial charge >= 0.3 is 0 Å². The van der Waals surface area contributed by atoms with E-state index in [1.165, 1.54) is 0 Å². The summed E-state index contributed by atoms with van der Waals surface area (Å²) in [6, 6.07) is 11.0. The molecule has 2 N–H and O–H groups in total. The summed E-state index contributed by atoms with van der Waals surface area (Å²) in [5.74, 6) is 0.629. The summed E-state index contributed by atoms with van der Waals surface area (Å²) in [6.45, 7) is 6.32. The SMILES string of the molecule is C[C@@H]1CN(C)[C@H](C)C[C@H]1NC[C@H](O)c1ccccc1. The Morgan fingerprint density at radius 2 is 2.00 bits per heavy atom. The number of hydrogen-bond acceptors (Lipinski definition) is 3. The highest BCUT2D eigenvalue weighted by Gasteiger charge is 2.28. The van der Waals surface area contributed by atoms with Gasteiger partial charge in [0.25, 0.3) is 0 Å². The molecule has 1 aromatic rings. The molecule has 0 bridgehead atoms. The molecule has 1 aliphatic rings. The second-order valence-corrected chi connectivity index (χ2v) is 5.94. The van der Waals surface area contributed by atoms with Crippen LogP contribution in [0.1, 0.15) is 31.9 Å². The van der Waals surface area contributed by atoms with Crippen LogP contribution in [0.5, 0.6) is 0 Å². The fourth-order valence-corrected chi connectivity index (χ4v) is 2.88. The molecule has 1 saturated heterocycles. The monoisotopic (exact) mass is 262 g/mol. The van der Waals surface area contributed by atoms with Gasteiger partial charge in [0.05, 0.1) is 6.10 Å². The molecule has 106 valence electrons. The summed E-state index contributed by atoms with van der Waals surface area (Å²) in [4.78, 5) is 2.41. The Hall–Kier alpha value is -0.900. The van der Waals surface area contributed by atoms with E-state index in [4.69, 9.17) is 0 Å². The molecule has 1 fully saturated rings. The third-order valence-electron chi connectivity index (χ3n) is 4.37. The largest absolute Gasteiger partial charge is 0.387 e. The number of aliphatic hydroxyl groups excluding tert-OH is 1. The van der Waals surface area contributed by atoms with Gasteiger partial charge in [0, 0.05) is 25.2 Å². The minimum Gasteiger partial charge on any atom is -0.387 e. The lowest BCUT2D eigenvalue weighted by atomic mass is 9.89. The van der Waals surface area contributed by atoms with Gasteiger partial charge in [-0.2, -0.15) is 0 Å². The molecule has 0 aromatic heterocycles. The molecule has 3 nitrogen and oxygen atoms in total. The van der Waals surface area contributed by atoms with Crippen LogP contribution in [-0.4, -0.2) is 42.2 Å². The van der Waals surface area contributed by atoms with E-state index in [1.807, 2.05) is 30.3 Å². The maximum Gasteiger partial charge on any atom is 0.0914 e. The predicted octanol–water partition coefficient (Wildman–Crippen LogP) is 2.04. The smallest absolute Gasteiger partial charge is 0.0914 e. The van der Waals surface area contributed by atoms with Crippen LogP contribution in [0.15, 0.2) is 30.3 Å². The Morgan fingerprint density at radius 1 is 1.32 bits per heavy atom. The molecule has 1 aromatic carbocycles. The van der Waals surface area contributed by atoms with Crippen molar-refractivity contribution in [3.63, 3.8) is 0 Å². The molecule has 1 heterocycles. The second kappa shape index (κ2) is 6.51. The standard InChI is InChI=1S/C16H26N2O/c1-12-11-18(3)13(2)9-15(12)17-10-16(19)14-7-5-4-6-8-14/h4-8,12-13,15-17,19H,9-11H2,1-3H3/t12-,13-,15-,16+/m1/s1. The second-order valence-electron chi connectivity index (χ2n) is 5.94. The molecule has 0 amide bonds. The van der Waals surface area contributed by atoms with Crippen LogP contribution >= 0.6 is 0 Å².